The number of hydrogen-bond donors (Lipinski definition) is 3. The number of halogens is 2. The molecule has 134 valence electrons. The van der Waals surface area contributed by atoms with Crippen molar-refractivity contribution in [2.75, 3.05) is 19.0 Å². The summed E-state index contributed by atoms with van der Waals surface area (Å²) in [5, 5.41) is 21.6. The maximum Gasteiger partial charge on any atom is 0.262 e. The number of carbonyl (C=O) groups excluding carboxylic acids is 1. The predicted octanol–water partition coefficient (Wildman–Crippen LogP) is 2.49. The van der Waals surface area contributed by atoms with Gasteiger partial charge in [0.2, 0.25) is 0 Å². The van der Waals surface area contributed by atoms with Gasteiger partial charge in [0.05, 0.1) is 26.0 Å². The molecule has 0 bridgehead atoms. The molecule has 25 heavy (non-hydrogen) atoms. The standard InChI is InChI=1S/C17H17ClFNO5/c1-24-15-3-2-12(18)6-14(15)20-16(23)9-25-17-10(7-21)4-13(19)5-11(17)8-22/h2-6,21-22H,7-9H2,1H3,(H,20,23). The number of anilines is 1. The summed E-state index contributed by atoms with van der Waals surface area (Å²) in [6.45, 7) is -1.41. The van der Waals surface area contributed by atoms with E-state index in [1.165, 1.54) is 13.2 Å². The van der Waals surface area contributed by atoms with Crippen LogP contribution in [0.4, 0.5) is 10.1 Å². The number of amides is 1. The first-order valence-electron chi connectivity index (χ1n) is 7.27. The summed E-state index contributed by atoms with van der Waals surface area (Å²) in [4.78, 5) is 12.1. The molecule has 2 rings (SSSR count). The fourth-order valence-corrected chi connectivity index (χ4v) is 2.41. The molecule has 0 atom stereocenters. The van der Waals surface area contributed by atoms with Crippen LogP contribution in [-0.2, 0) is 18.0 Å². The highest BCUT2D eigenvalue weighted by molar-refractivity contribution is 6.31. The van der Waals surface area contributed by atoms with Crippen LogP contribution in [-0.4, -0.2) is 29.8 Å². The molecule has 1 amide bonds. The Morgan fingerprint density at radius 2 is 1.84 bits per heavy atom. The van der Waals surface area contributed by atoms with Gasteiger partial charge in [-0.1, -0.05) is 11.6 Å². The molecule has 2 aromatic rings. The van der Waals surface area contributed by atoms with Gasteiger partial charge in [-0.25, -0.2) is 4.39 Å². The Balaban J connectivity index is 2.12. The number of aliphatic hydroxyl groups excluding tert-OH is 2. The molecule has 0 radical (unpaired) electrons. The second-order valence-electron chi connectivity index (χ2n) is 5.05. The van der Waals surface area contributed by atoms with Gasteiger partial charge in [0.25, 0.3) is 5.91 Å². The van der Waals surface area contributed by atoms with Crippen molar-refractivity contribution in [3.05, 3.63) is 52.3 Å². The molecule has 0 aliphatic rings. The number of carbonyl (C=O) groups is 1. The number of ether oxygens (including phenoxy) is 2. The molecule has 0 aromatic heterocycles. The van der Waals surface area contributed by atoms with E-state index in [1.807, 2.05) is 0 Å². The maximum atomic E-state index is 13.4. The lowest BCUT2D eigenvalue weighted by Crippen LogP contribution is -2.21. The summed E-state index contributed by atoms with van der Waals surface area (Å²) < 4.78 is 23.9. The number of benzene rings is 2. The van der Waals surface area contributed by atoms with Crippen LogP contribution in [0.25, 0.3) is 0 Å². The summed E-state index contributed by atoms with van der Waals surface area (Å²) in [5.74, 6) is -0.641. The molecule has 0 saturated heterocycles. The summed E-state index contributed by atoms with van der Waals surface area (Å²) in [6.07, 6.45) is 0. The first-order chi connectivity index (χ1) is 12.0. The molecular formula is C17H17ClFNO5. The minimum Gasteiger partial charge on any atom is -0.495 e. The highest BCUT2D eigenvalue weighted by Gasteiger charge is 2.15. The lowest BCUT2D eigenvalue weighted by Gasteiger charge is -2.15. The molecule has 0 unspecified atom stereocenters. The average molecular weight is 370 g/mol. The summed E-state index contributed by atoms with van der Waals surface area (Å²) in [7, 11) is 1.45. The molecule has 2 aromatic carbocycles. The van der Waals surface area contributed by atoms with Gasteiger partial charge in [-0.2, -0.15) is 0 Å². The van der Waals surface area contributed by atoms with Crippen molar-refractivity contribution in [1.29, 1.82) is 0 Å². The van der Waals surface area contributed by atoms with Gasteiger partial charge >= 0.3 is 0 Å². The minimum atomic E-state index is -0.617. The third-order valence-electron chi connectivity index (χ3n) is 3.33. The molecule has 6 nitrogen and oxygen atoms in total. The van der Waals surface area contributed by atoms with Crippen molar-refractivity contribution < 1.29 is 28.9 Å². The van der Waals surface area contributed by atoms with E-state index in [1.54, 1.807) is 12.1 Å². The Kier molecular flexibility index (Phi) is 6.58. The van der Waals surface area contributed by atoms with Gasteiger partial charge in [0.1, 0.15) is 17.3 Å². The lowest BCUT2D eigenvalue weighted by molar-refractivity contribution is -0.118. The fourth-order valence-electron chi connectivity index (χ4n) is 2.23. The number of aliphatic hydroxyl groups is 2. The molecule has 0 fully saturated rings. The number of nitrogens with one attached hydrogen (secondary N) is 1. The number of methoxy groups -OCH3 is 1. The summed E-state index contributed by atoms with van der Waals surface area (Å²) >= 11 is 5.89. The predicted molar refractivity (Wildman–Crippen MR) is 90.4 cm³/mol. The topological polar surface area (TPSA) is 88.0 Å². The second-order valence-corrected chi connectivity index (χ2v) is 5.49. The largest absolute Gasteiger partial charge is 0.495 e. The Labute approximate surface area is 148 Å². The molecule has 0 aliphatic carbocycles. The van der Waals surface area contributed by atoms with Gasteiger partial charge in [-0.15, -0.1) is 0 Å². The molecule has 0 aliphatic heterocycles. The van der Waals surface area contributed by atoms with Crippen LogP contribution in [0.5, 0.6) is 11.5 Å². The van der Waals surface area contributed by atoms with Gasteiger partial charge in [-0.3, -0.25) is 4.79 Å². The minimum absolute atomic E-state index is 0.0691. The third kappa shape index (κ3) is 4.82. The van der Waals surface area contributed by atoms with E-state index in [9.17, 15) is 19.4 Å². The van der Waals surface area contributed by atoms with Gasteiger partial charge in [0, 0.05) is 16.1 Å². The Hall–Kier alpha value is -2.35. The van der Waals surface area contributed by atoms with Crippen LogP contribution in [0.15, 0.2) is 30.3 Å². The van der Waals surface area contributed by atoms with Crippen LogP contribution in [0.2, 0.25) is 5.02 Å². The zero-order valence-corrected chi connectivity index (χ0v) is 14.1. The van der Waals surface area contributed by atoms with E-state index in [-0.39, 0.29) is 16.9 Å². The van der Waals surface area contributed by atoms with Crippen molar-refractivity contribution in [3.63, 3.8) is 0 Å². The average Bonchev–Trinajstić information content (AvgIpc) is 2.60. The monoisotopic (exact) mass is 369 g/mol. The van der Waals surface area contributed by atoms with E-state index in [0.717, 1.165) is 12.1 Å². The normalized spacial score (nSPS) is 10.4. The Morgan fingerprint density at radius 1 is 1.20 bits per heavy atom. The van der Waals surface area contributed by atoms with Crippen LogP contribution in [0.3, 0.4) is 0 Å². The van der Waals surface area contributed by atoms with E-state index < -0.39 is 31.5 Å². The van der Waals surface area contributed by atoms with Gasteiger partial charge in [-0.05, 0) is 30.3 Å². The van der Waals surface area contributed by atoms with Crippen molar-refractivity contribution >= 4 is 23.2 Å². The fraction of sp³-hybridized carbons (Fsp3) is 0.235. The number of hydrogen-bond acceptors (Lipinski definition) is 5. The van der Waals surface area contributed by atoms with Crippen LogP contribution in [0, 0.1) is 5.82 Å². The Morgan fingerprint density at radius 3 is 2.40 bits per heavy atom. The lowest BCUT2D eigenvalue weighted by atomic mass is 10.1. The zero-order valence-electron chi connectivity index (χ0n) is 13.4. The quantitative estimate of drug-likeness (QED) is 0.698. The van der Waals surface area contributed by atoms with E-state index in [4.69, 9.17) is 21.1 Å². The number of rotatable bonds is 7. The highest BCUT2D eigenvalue weighted by atomic mass is 35.5. The molecule has 0 heterocycles. The van der Waals surface area contributed by atoms with Crippen molar-refractivity contribution in [3.8, 4) is 11.5 Å². The SMILES string of the molecule is COc1ccc(Cl)cc1NC(=O)COc1c(CO)cc(F)cc1CO. The van der Waals surface area contributed by atoms with Crippen molar-refractivity contribution in [2.24, 2.45) is 0 Å². The molecule has 0 spiro atoms. The Bertz CT molecular complexity index is 744. The van der Waals surface area contributed by atoms with E-state index >= 15 is 0 Å². The first-order valence-corrected chi connectivity index (χ1v) is 7.65. The van der Waals surface area contributed by atoms with Gasteiger partial charge in [0.15, 0.2) is 6.61 Å². The van der Waals surface area contributed by atoms with Gasteiger partial charge < -0.3 is 25.0 Å². The van der Waals surface area contributed by atoms with Crippen LogP contribution < -0.4 is 14.8 Å². The van der Waals surface area contributed by atoms with Crippen molar-refractivity contribution in [1.82, 2.24) is 0 Å². The second kappa shape index (κ2) is 8.66. The zero-order chi connectivity index (χ0) is 18.4. The summed E-state index contributed by atoms with van der Waals surface area (Å²) in [6, 6.07) is 6.89. The van der Waals surface area contributed by atoms with Crippen LogP contribution in [0.1, 0.15) is 11.1 Å². The third-order valence-corrected chi connectivity index (χ3v) is 3.57. The first kappa shape index (κ1) is 19.0. The van der Waals surface area contributed by atoms with Crippen LogP contribution >= 0.6 is 11.6 Å². The molecule has 0 saturated carbocycles. The van der Waals surface area contributed by atoms with Crippen molar-refractivity contribution in [2.45, 2.75) is 13.2 Å². The highest BCUT2D eigenvalue weighted by Crippen LogP contribution is 2.28. The molecule has 8 heteroatoms. The van der Waals surface area contributed by atoms with E-state index in [0.29, 0.717) is 16.5 Å². The molecule has 3 N–H and O–H groups in total. The smallest absolute Gasteiger partial charge is 0.262 e. The maximum absolute atomic E-state index is 13.4. The summed E-state index contributed by atoms with van der Waals surface area (Å²) in [5.41, 5.74) is 0.641. The molecular weight excluding hydrogens is 353 g/mol. The van der Waals surface area contributed by atoms with E-state index in [2.05, 4.69) is 5.32 Å².